The third kappa shape index (κ3) is 3.58. The lowest BCUT2D eigenvalue weighted by molar-refractivity contribution is -0.118. The Kier molecular flexibility index (Phi) is 4.52. The van der Waals surface area contributed by atoms with Crippen LogP contribution in [0.25, 0.3) is 10.9 Å². The molecule has 0 bridgehead atoms. The van der Waals surface area contributed by atoms with E-state index in [1.807, 2.05) is 36.5 Å². The fraction of sp³-hybridized carbons (Fsp3) is 0.211. The molecule has 2 heterocycles. The minimum absolute atomic E-state index is 0.0301. The molecule has 0 saturated heterocycles. The van der Waals surface area contributed by atoms with Crippen molar-refractivity contribution in [2.45, 2.75) is 12.3 Å². The first-order valence-corrected chi connectivity index (χ1v) is 9.23. The number of fused-ring (bicyclic) bond motifs is 2. The topological polar surface area (TPSA) is 63.4 Å². The molecule has 0 radical (unpaired) electrons. The fourth-order valence-electron chi connectivity index (χ4n) is 2.81. The molecule has 1 aliphatic heterocycles. The quantitative estimate of drug-likeness (QED) is 0.712. The molecule has 3 aromatic rings. The van der Waals surface area contributed by atoms with E-state index in [0.29, 0.717) is 12.3 Å². The number of H-pyrrole nitrogens is 1. The number of para-hydroxylation sites is 1. The SMILES string of the molecule is O=C(CSCc1c[nH]c2ccccc12)NCc1ccc2c(c1)OCO2. The minimum atomic E-state index is 0.0301. The third-order valence-electron chi connectivity index (χ3n) is 4.09. The van der Waals surface area contributed by atoms with Gasteiger partial charge in [0.1, 0.15) is 0 Å². The first-order chi connectivity index (χ1) is 12.3. The van der Waals surface area contributed by atoms with Crippen LogP contribution in [0, 0.1) is 0 Å². The van der Waals surface area contributed by atoms with Crippen molar-refractivity contribution in [1.82, 2.24) is 10.3 Å². The van der Waals surface area contributed by atoms with Crippen LogP contribution in [0.3, 0.4) is 0 Å². The van der Waals surface area contributed by atoms with Crippen molar-refractivity contribution < 1.29 is 14.3 Å². The van der Waals surface area contributed by atoms with Crippen LogP contribution < -0.4 is 14.8 Å². The average Bonchev–Trinajstić information content (AvgIpc) is 3.26. The zero-order chi connectivity index (χ0) is 17.1. The predicted octanol–water partition coefficient (Wildman–Crippen LogP) is 3.45. The number of aromatic amines is 1. The molecule has 0 atom stereocenters. The summed E-state index contributed by atoms with van der Waals surface area (Å²) in [7, 11) is 0. The number of amides is 1. The zero-order valence-corrected chi connectivity index (χ0v) is 14.4. The van der Waals surface area contributed by atoms with Crippen molar-refractivity contribution in [2.75, 3.05) is 12.5 Å². The van der Waals surface area contributed by atoms with E-state index in [9.17, 15) is 4.79 Å². The molecule has 1 aliphatic rings. The number of aromatic nitrogens is 1. The van der Waals surface area contributed by atoms with Crippen molar-refractivity contribution in [2.24, 2.45) is 0 Å². The normalized spacial score (nSPS) is 12.5. The standard InChI is InChI=1S/C19H18N2O3S/c22-19(21-8-13-5-6-17-18(7-13)24-12-23-17)11-25-10-14-9-20-16-4-2-1-3-15(14)16/h1-7,9,20H,8,10-12H2,(H,21,22). The summed E-state index contributed by atoms with van der Waals surface area (Å²) < 4.78 is 10.6. The molecule has 2 N–H and O–H groups in total. The summed E-state index contributed by atoms with van der Waals surface area (Å²) in [5, 5.41) is 4.16. The maximum absolute atomic E-state index is 12.0. The molecular weight excluding hydrogens is 336 g/mol. The van der Waals surface area contributed by atoms with E-state index in [2.05, 4.69) is 22.4 Å². The van der Waals surface area contributed by atoms with Crippen LogP contribution in [0.4, 0.5) is 0 Å². The van der Waals surface area contributed by atoms with Gasteiger partial charge in [0, 0.05) is 29.4 Å². The van der Waals surface area contributed by atoms with E-state index in [0.717, 1.165) is 28.3 Å². The number of hydrogen-bond donors (Lipinski definition) is 2. The number of nitrogens with one attached hydrogen (secondary N) is 2. The van der Waals surface area contributed by atoms with Crippen LogP contribution in [-0.4, -0.2) is 23.4 Å². The van der Waals surface area contributed by atoms with E-state index >= 15 is 0 Å². The van der Waals surface area contributed by atoms with Crippen LogP contribution >= 0.6 is 11.8 Å². The van der Waals surface area contributed by atoms with Gasteiger partial charge in [-0.2, -0.15) is 0 Å². The van der Waals surface area contributed by atoms with Gasteiger partial charge in [0.25, 0.3) is 0 Å². The Labute approximate surface area is 149 Å². The Morgan fingerprint density at radius 2 is 2.04 bits per heavy atom. The molecule has 5 nitrogen and oxygen atoms in total. The summed E-state index contributed by atoms with van der Waals surface area (Å²) in [5.41, 5.74) is 3.36. The Hall–Kier alpha value is -2.60. The monoisotopic (exact) mass is 354 g/mol. The van der Waals surface area contributed by atoms with Gasteiger partial charge in [-0.05, 0) is 29.3 Å². The highest BCUT2D eigenvalue weighted by molar-refractivity contribution is 7.99. The molecule has 0 fully saturated rings. The number of ether oxygens (including phenoxy) is 2. The summed E-state index contributed by atoms with van der Waals surface area (Å²) in [6.07, 6.45) is 2.02. The lowest BCUT2D eigenvalue weighted by Gasteiger charge is -2.06. The van der Waals surface area contributed by atoms with E-state index in [4.69, 9.17) is 9.47 Å². The highest BCUT2D eigenvalue weighted by Gasteiger charge is 2.13. The van der Waals surface area contributed by atoms with E-state index in [-0.39, 0.29) is 12.7 Å². The summed E-state index contributed by atoms with van der Waals surface area (Å²) in [6, 6.07) is 13.9. The van der Waals surface area contributed by atoms with Gasteiger partial charge >= 0.3 is 0 Å². The van der Waals surface area contributed by atoms with Gasteiger partial charge in [0.2, 0.25) is 12.7 Å². The van der Waals surface area contributed by atoms with Crippen LogP contribution in [-0.2, 0) is 17.1 Å². The second-order valence-corrected chi connectivity index (χ2v) is 6.80. The van der Waals surface area contributed by atoms with Gasteiger partial charge in [0.15, 0.2) is 11.5 Å². The number of benzene rings is 2. The molecule has 128 valence electrons. The van der Waals surface area contributed by atoms with Crippen LogP contribution in [0.5, 0.6) is 11.5 Å². The maximum Gasteiger partial charge on any atom is 0.231 e. The maximum atomic E-state index is 12.0. The second kappa shape index (κ2) is 7.11. The second-order valence-electron chi connectivity index (χ2n) is 5.82. The molecule has 1 amide bonds. The molecule has 2 aromatic carbocycles. The van der Waals surface area contributed by atoms with Gasteiger partial charge in [-0.3, -0.25) is 4.79 Å². The minimum Gasteiger partial charge on any atom is -0.454 e. The summed E-state index contributed by atoms with van der Waals surface area (Å²) >= 11 is 1.61. The van der Waals surface area contributed by atoms with Crippen molar-refractivity contribution >= 4 is 28.6 Å². The molecular formula is C19H18N2O3S. The number of carbonyl (C=O) groups is 1. The number of carbonyl (C=O) groups excluding carboxylic acids is 1. The van der Waals surface area contributed by atoms with Gasteiger partial charge in [-0.25, -0.2) is 0 Å². The lowest BCUT2D eigenvalue weighted by Crippen LogP contribution is -2.24. The smallest absolute Gasteiger partial charge is 0.231 e. The molecule has 1 aromatic heterocycles. The predicted molar refractivity (Wildman–Crippen MR) is 98.9 cm³/mol. The Balaban J connectivity index is 1.25. The third-order valence-corrected chi connectivity index (χ3v) is 5.07. The summed E-state index contributed by atoms with van der Waals surface area (Å²) in [6.45, 7) is 0.749. The van der Waals surface area contributed by atoms with Gasteiger partial charge in [-0.15, -0.1) is 11.8 Å². The first-order valence-electron chi connectivity index (χ1n) is 8.07. The van der Waals surface area contributed by atoms with Gasteiger partial charge in [-0.1, -0.05) is 24.3 Å². The molecule has 0 spiro atoms. The molecule has 0 unspecified atom stereocenters. The first kappa shape index (κ1) is 15.9. The number of hydrogen-bond acceptors (Lipinski definition) is 4. The van der Waals surface area contributed by atoms with E-state index in [1.165, 1.54) is 10.9 Å². The molecule has 25 heavy (non-hydrogen) atoms. The van der Waals surface area contributed by atoms with Crippen LogP contribution in [0.1, 0.15) is 11.1 Å². The summed E-state index contributed by atoms with van der Waals surface area (Å²) in [4.78, 5) is 15.3. The van der Waals surface area contributed by atoms with Crippen molar-refractivity contribution in [3.05, 3.63) is 59.8 Å². The molecule has 0 aliphatic carbocycles. The molecule has 6 heteroatoms. The Morgan fingerprint density at radius 1 is 1.16 bits per heavy atom. The highest BCUT2D eigenvalue weighted by Crippen LogP contribution is 2.32. The number of thioether (sulfide) groups is 1. The lowest BCUT2D eigenvalue weighted by atomic mass is 10.2. The fourth-order valence-corrected chi connectivity index (χ4v) is 3.66. The Morgan fingerprint density at radius 3 is 3.00 bits per heavy atom. The van der Waals surface area contributed by atoms with Crippen LogP contribution in [0.15, 0.2) is 48.7 Å². The van der Waals surface area contributed by atoms with Crippen molar-refractivity contribution in [3.63, 3.8) is 0 Å². The average molecular weight is 354 g/mol. The van der Waals surface area contributed by atoms with Crippen molar-refractivity contribution in [3.8, 4) is 11.5 Å². The Bertz CT molecular complexity index is 907. The summed E-state index contributed by atoms with van der Waals surface area (Å²) in [5.74, 6) is 2.76. The van der Waals surface area contributed by atoms with Gasteiger partial charge in [0.05, 0.1) is 5.75 Å². The van der Waals surface area contributed by atoms with E-state index in [1.54, 1.807) is 11.8 Å². The van der Waals surface area contributed by atoms with Gasteiger partial charge < -0.3 is 19.8 Å². The van der Waals surface area contributed by atoms with Crippen LogP contribution in [0.2, 0.25) is 0 Å². The highest BCUT2D eigenvalue weighted by atomic mass is 32.2. The molecule has 0 saturated carbocycles. The van der Waals surface area contributed by atoms with Crippen molar-refractivity contribution in [1.29, 1.82) is 0 Å². The molecule has 4 rings (SSSR count). The number of rotatable bonds is 6. The zero-order valence-electron chi connectivity index (χ0n) is 13.6. The van der Waals surface area contributed by atoms with E-state index < -0.39 is 0 Å². The largest absolute Gasteiger partial charge is 0.454 e.